The predicted octanol–water partition coefficient (Wildman–Crippen LogP) is 4.89. The highest BCUT2D eigenvalue weighted by molar-refractivity contribution is 5.79. The predicted molar refractivity (Wildman–Crippen MR) is 133 cm³/mol. The smallest absolute Gasteiger partial charge is 0.224 e. The van der Waals surface area contributed by atoms with Gasteiger partial charge in [0.1, 0.15) is 18.2 Å². The largest absolute Gasteiger partial charge is 0.492 e. The van der Waals surface area contributed by atoms with Gasteiger partial charge >= 0.3 is 0 Å². The number of rotatable bonds is 10. The third kappa shape index (κ3) is 5.80. The van der Waals surface area contributed by atoms with E-state index >= 15 is 0 Å². The SMILES string of the molecule is CCc1ccc(OCCn2c(CCNC(=O)Cc3ccccc3C)nc3ccccc32)cc1. The number of fused-ring (bicyclic) bond motifs is 1. The van der Waals surface area contributed by atoms with Gasteiger partial charge in [0, 0.05) is 13.0 Å². The van der Waals surface area contributed by atoms with Crippen molar-refractivity contribution < 1.29 is 9.53 Å². The number of para-hydroxylation sites is 2. The van der Waals surface area contributed by atoms with Crippen molar-refractivity contribution in [1.29, 1.82) is 0 Å². The van der Waals surface area contributed by atoms with Crippen LogP contribution in [0.25, 0.3) is 11.0 Å². The fraction of sp³-hybridized carbons (Fsp3) is 0.286. The van der Waals surface area contributed by atoms with Crippen molar-refractivity contribution in [3.63, 3.8) is 0 Å². The molecule has 33 heavy (non-hydrogen) atoms. The summed E-state index contributed by atoms with van der Waals surface area (Å²) in [7, 11) is 0. The van der Waals surface area contributed by atoms with E-state index in [9.17, 15) is 4.79 Å². The van der Waals surface area contributed by atoms with E-state index in [0.29, 0.717) is 32.5 Å². The number of hydrogen-bond acceptors (Lipinski definition) is 3. The van der Waals surface area contributed by atoms with Crippen LogP contribution in [0.1, 0.15) is 29.4 Å². The Hall–Kier alpha value is -3.60. The van der Waals surface area contributed by atoms with Crippen LogP contribution in [0.3, 0.4) is 0 Å². The molecule has 1 heterocycles. The Bertz CT molecular complexity index is 1210. The number of nitrogens with one attached hydrogen (secondary N) is 1. The zero-order chi connectivity index (χ0) is 23.0. The van der Waals surface area contributed by atoms with E-state index in [4.69, 9.17) is 9.72 Å². The van der Waals surface area contributed by atoms with Gasteiger partial charge < -0.3 is 14.6 Å². The molecule has 1 N–H and O–H groups in total. The van der Waals surface area contributed by atoms with Gasteiger partial charge in [0.25, 0.3) is 0 Å². The summed E-state index contributed by atoms with van der Waals surface area (Å²) in [6, 6.07) is 24.4. The number of imidazole rings is 1. The molecule has 0 aliphatic heterocycles. The highest BCUT2D eigenvalue weighted by Gasteiger charge is 2.12. The third-order valence-electron chi connectivity index (χ3n) is 5.93. The van der Waals surface area contributed by atoms with E-state index < -0.39 is 0 Å². The topological polar surface area (TPSA) is 56.1 Å². The van der Waals surface area contributed by atoms with Crippen molar-refractivity contribution in [2.45, 2.75) is 39.7 Å². The van der Waals surface area contributed by atoms with Crippen LogP contribution in [0.4, 0.5) is 0 Å². The maximum absolute atomic E-state index is 12.4. The van der Waals surface area contributed by atoms with E-state index in [0.717, 1.165) is 40.2 Å². The van der Waals surface area contributed by atoms with Crippen molar-refractivity contribution in [2.24, 2.45) is 0 Å². The van der Waals surface area contributed by atoms with E-state index in [1.807, 2.05) is 61.5 Å². The molecule has 170 valence electrons. The molecule has 0 unspecified atom stereocenters. The van der Waals surface area contributed by atoms with Crippen molar-refractivity contribution in [2.75, 3.05) is 13.2 Å². The van der Waals surface area contributed by atoms with E-state index in [2.05, 4.69) is 35.0 Å². The lowest BCUT2D eigenvalue weighted by Crippen LogP contribution is -2.28. The fourth-order valence-electron chi connectivity index (χ4n) is 4.00. The van der Waals surface area contributed by atoms with Crippen LogP contribution in [-0.4, -0.2) is 28.6 Å². The van der Waals surface area contributed by atoms with Crippen molar-refractivity contribution in [3.8, 4) is 5.75 Å². The van der Waals surface area contributed by atoms with E-state index in [-0.39, 0.29) is 5.91 Å². The first-order chi connectivity index (χ1) is 16.1. The second-order valence-electron chi connectivity index (χ2n) is 8.22. The van der Waals surface area contributed by atoms with Gasteiger partial charge in [0.2, 0.25) is 5.91 Å². The number of carbonyl (C=O) groups is 1. The first kappa shape index (κ1) is 22.6. The molecule has 0 aliphatic carbocycles. The van der Waals surface area contributed by atoms with E-state index in [1.165, 1.54) is 5.56 Å². The van der Waals surface area contributed by atoms with Crippen molar-refractivity contribution >= 4 is 16.9 Å². The summed E-state index contributed by atoms with van der Waals surface area (Å²) in [5, 5.41) is 3.05. The number of hydrogen-bond donors (Lipinski definition) is 1. The second-order valence-corrected chi connectivity index (χ2v) is 8.22. The van der Waals surface area contributed by atoms with Gasteiger partial charge in [-0.2, -0.15) is 0 Å². The highest BCUT2D eigenvalue weighted by atomic mass is 16.5. The molecule has 0 atom stereocenters. The fourth-order valence-corrected chi connectivity index (χ4v) is 4.00. The monoisotopic (exact) mass is 441 g/mol. The van der Waals surface area contributed by atoms with Gasteiger partial charge in [0.15, 0.2) is 0 Å². The number of aromatic nitrogens is 2. The maximum atomic E-state index is 12.4. The van der Waals surface area contributed by atoms with Crippen LogP contribution in [0, 0.1) is 6.92 Å². The molecule has 0 bridgehead atoms. The Kier molecular flexibility index (Phi) is 7.40. The summed E-state index contributed by atoms with van der Waals surface area (Å²) in [5.41, 5.74) is 5.55. The van der Waals surface area contributed by atoms with Gasteiger partial charge in [0.05, 0.1) is 24.0 Å². The average Bonchev–Trinajstić information content (AvgIpc) is 3.18. The summed E-state index contributed by atoms with van der Waals surface area (Å²) in [6.45, 7) is 5.98. The highest BCUT2D eigenvalue weighted by Crippen LogP contribution is 2.18. The molecule has 3 aromatic carbocycles. The molecule has 5 heteroatoms. The van der Waals surface area contributed by atoms with E-state index in [1.54, 1.807) is 0 Å². The Balaban J connectivity index is 1.37. The summed E-state index contributed by atoms with van der Waals surface area (Å²) in [5.74, 6) is 1.87. The van der Waals surface area contributed by atoms with Gasteiger partial charge in [-0.05, 0) is 54.3 Å². The van der Waals surface area contributed by atoms with Crippen LogP contribution in [0.2, 0.25) is 0 Å². The lowest BCUT2D eigenvalue weighted by molar-refractivity contribution is -0.120. The first-order valence-electron chi connectivity index (χ1n) is 11.6. The van der Waals surface area contributed by atoms with Crippen LogP contribution in [0.15, 0.2) is 72.8 Å². The summed E-state index contributed by atoms with van der Waals surface area (Å²) < 4.78 is 8.18. The molecule has 0 saturated heterocycles. The number of aryl methyl sites for hydroxylation is 2. The number of carbonyl (C=O) groups excluding carboxylic acids is 1. The van der Waals surface area contributed by atoms with Crippen molar-refractivity contribution in [3.05, 3.63) is 95.3 Å². The summed E-state index contributed by atoms with van der Waals surface area (Å²) in [6.07, 6.45) is 2.08. The Morgan fingerprint density at radius 2 is 1.76 bits per heavy atom. The van der Waals surface area contributed by atoms with Crippen LogP contribution >= 0.6 is 0 Å². The molecule has 4 rings (SSSR count). The number of nitrogens with zero attached hydrogens (tertiary/aromatic N) is 2. The minimum atomic E-state index is 0.0332. The zero-order valence-corrected chi connectivity index (χ0v) is 19.4. The molecule has 1 amide bonds. The normalized spacial score (nSPS) is 11.0. The average molecular weight is 442 g/mol. The maximum Gasteiger partial charge on any atom is 0.224 e. The molecule has 4 aromatic rings. The minimum absolute atomic E-state index is 0.0332. The summed E-state index contributed by atoms with van der Waals surface area (Å²) >= 11 is 0. The Labute approximate surface area is 195 Å². The first-order valence-corrected chi connectivity index (χ1v) is 11.6. The Morgan fingerprint density at radius 1 is 1.00 bits per heavy atom. The molecule has 1 aromatic heterocycles. The minimum Gasteiger partial charge on any atom is -0.492 e. The molecule has 0 aliphatic rings. The van der Waals surface area contributed by atoms with Gasteiger partial charge in [-0.1, -0.05) is 55.5 Å². The van der Waals surface area contributed by atoms with Crippen LogP contribution in [0.5, 0.6) is 5.75 Å². The number of ether oxygens (including phenoxy) is 1. The molecular weight excluding hydrogens is 410 g/mol. The standard InChI is InChI=1S/C28H31N3O2/c1-3-22-12-14-24(15-13-22)33-19-18-31-26-11-7-6-10-25(26)30-27(31)16-17-29-28(32)20-23-9-5-4-8-21(23)2/h4-15H,3,16-20H2,1-2H3,(H,29,32). The molecule has 0 fully saturated rings. The van der Waals surface area contributed by atoms with Crippen LogP contribution in [-0.2, 0) is 30.6 Å². The van der Waals surface area contributed by atoms with Gasteiger partial charge in [-0.15, -0.1) is 0 Å². The van der Waals surface area contributed by atoms with Gasteiger partial charge in [-0.3, -0.25) is 4.79 Å². The lowest BCUT2D eigenvalue weighted by Gasteiger charge is -2.12. The van der Waals surface area contributed by atoms with Crippen molar-refractivity contribution in [1.82, 2.24) is 14.9 Å². The molecule has 0 spiro atoms. The molecule has 0 saturated carbocycles. The third-order valence-corrected chi connectivity index (χ3v) is 5.93. The van der Waals surface area contributed by atoms with Gasteiger partial charge in [-0.25, -0.2) is 4.98 Å². The second kappa shape index (κ2) is 10.8. The Morgan fingerprint density at radius 3 is 2.55 bits per heavy atom. The number of benzene rings is 3. The zero-order valence-electron chi connectivity index (χ0n) is 19.4. The molecule has 0 radical (unpaired) electrons. The van der Waals surface area contributed by atoms with Crippen LogP contribution < -0.4 is 10.1 Å². The quantitative estimate of drug-likeness (QED) is 0.381. The number of amides is 1. The lowest BCUT2D eigenvalue weighted by atomic mass is 10.1. The summed E-state index contributed by atoms with van der Waals surface area (Å²) in [4.78, 5) is 17.2. The molecule has 5 nitrogen and oxygen atoms in total. The molecular formula is C28H31N3O2.